The van der Waals surface area contributed by atoms with E-state index in [1.165, 1.54) is 171 Å². The molecule has 0 amide bonds. The predicted molar refractivity (Wildman–Crippen MR) is 871 cm³/mol. The van der Waals surface area contributed by atoms with Crippen LogP contribution in [0.4, 0.5) is 0 Å². The maximum Gasteiger partial charge on any atom is 4.00 e. The molecule has 149 heavy (non-hydrogen) atoms. The Bertz CT molecular complexity index is 7040. The first-order valence-corrected chi connectivity index (χ1v) is 143. The van der Waals surface area contributed by atoms with Gasteiger partial charge in [-0.3, -0.25) is 0 Å². The standard InChI is InChI=1S/2C31H54NOSi.C4H10O.4CH3.2ClH.HI.S67.2Zr/c2*1-25-26(2)28(4)31(27(25)3)34(5,24-18-23-33-30-21-16-13-17-22-30)32-29-19-14-11-9-7-6-8-10-12-15-20-29;1-3-5-4-2;;;;;;;;1-3-5-7-9-11-13-15-17-19-21-23-25-27-29-31-33-35-37-39-41-43-45-47-49-51-53-55-57-59-61-63-65-67-66-64-62-60-58-56-54-52-50-48-46-44-42-40-38-36-34-32-30-28-26-24-22-20-18-16-14-12-10-8-6-4-2;;/h2*13,16-17,21-22,25-29,31H,6-12,14-15,18-20,23-24H2,1-5H3;3-4H2,1-2H3;4*1H3;3*1H;;;/q2*-1;;4*-1;;;;;2*+4/p-2/t2*25?,26?,27?,28?,31?,34-;;;;;;;;;;;/m11.........../s1. The Morgan fingerprint density at radius 2 is 0.416 bits per heavy atom. The zero-order valence-corrected chi connectivity index (χ0v) is 149. The van der Waals surface area contributed by atoms with Crippen LogP contribution in [0.15, 0.2) is 60.7 Å². The van der Waals surface area contributed by atoms with Crippen LogP contribution in [0.5, 0.6) is 11.5 Å². The summed E-state index contributed by atoms with van der Waals surface area (Å²) in [4.78, 5) is 12.0. The zero-order valence-electron chi connectivity index (χ0n) is 83.6. The van der Waals surface area contributed by atoms with Crippen LogP contribution < -0.4 is 9.47 Å². The van der Waals surface area contributed by atoms with Crippen LogP contribution in [-0.2, 0) is 651 Å². The first kappa shape index (κ1) is 174. The smallest absolute Gasteiger partial charge is 4.00 e. The van der Waals surface area contributed by atoms with Crippen LogP contribution in [0.3, 0.4) is 0 Å². The summed E-state index contributed by atoms with van der Waals surface area (Å²) in [5, 5.41) is 0. The predicted octanol–water partition coefficient (Wildman–Crippen LogP) is 24.7. The molecule has 4 fully saturated rings. The molecule has 5 nitrogen and oxygen atoms in total. The van der Waals surface area contributed by atoms with E-state index in [1.807, 2.05) is 467 Å². The van der Waals surface area contributed by atoms with Crippen molar-refractivity contribution in [2.45, 2.75) is 272 Å². The molecule has 0 aromatic heterocycles. The third-order valence-corrected chi connectivity index (χ3v) is 173. The minimum atomic E-state index is -1.80. The van der Waals surface area contributed by atoms with Crippen LogP contribution in [0, 0.1) is 77.0 Å². The van der Waals surface area contributed by atoms with Gasteiger partial charge >= 0.3 is 64.1 Å². The van der Waals surface area contributed by atoms with E-state index in [1.54, 1.807) is 107 Å². The number of nitrogens with zero attached hydrogens (tertiary/aromatic N) is 2. The molecule has 0 saturated heterocycles. The van der Waals surface area contributed by atoms with Crippen LogP contribution in [0.1, 0.15) is 223 Å². The normalized spacial score (nSPS) is 18.4. The molecule has 4 aliphatic carbocycles. The van der Waals surface area contributed by atoms with E-state index < -0.39 is 37.3 Å². The molecule has 2 aromatic carbocycles. The van der Waals surface area contributed by atoms with Gasteiger partial charge in [0.2, 0.25) is 0 Å². The Morgan fingerprint density at radius 3 is 0.557 bits per heavy atom. The number of halogens is 3. The van der Waals surface area contributed by atoms with Crippen molar-refractivity contribution in [2.75, 3.05) is 26.4 Å². The maximum atomic E-state index is 6.12. The SMILES string of the molecule is CC1C(C)C(C)C([Si@@](C)(CCCOc2ccccc2)[N-]C2CCCCCCCCCCC2)C1C.CC1C(C)C(C)C([Si@@](C)(CCCOc2ccccc2)[N-]C2CCCCCCCCCCC2)C1C.CCOCC.I.S=S=S=S=S=S=S=S=S=S=S=S=S=S=S=S=S=S=S=S=S=S=S=S=S=S=S=S=S=S=S=S=S=S=S=S=S=S=S=S=S=S=S=S=S=S=S=S=S=S=S=S=S=S=S=S=S=S=S=S=S=S=S=S=S=S=S.[CH3-].[CH3-].[CH3-].[CH3-].[Cl][Zr+2][Cl].[Zr+4]. The zero-order chi connectivity index (χ0) is 104. The number of hydrogen-bond acceptors (Lipinski definition) is 5. The summed E-state index contributed by atoms with van der Waals surface area (Å²) in [5.74, 6) is 8.48. The molecule has 4 saturated carbocycles. The van der Waals surface area contributed by atoms with Crippen LogP contribution in [0.2, 0.25) is 36.3 Å². The van der Waals surface area contributed by atoms with Gasteiger partial charge in [0.1, 0.15) is 11.5 Å². The summed E-state index contributed by atoms with van der Waals surface area (Å²) in [7, 11) is 123. The molecule has 0 bridgehead atoms. The number of ether oxygens (including phenoxy) is 3. The topological polar surface area (TPSA) is 55.9 Å². The number of benzene rings is 2. The van der Waals surface area contributed by atoms with E-state index in [9.17, 15) is 0 Å². The fourth-order valence-corrected chi connectivity index (χ4v) is 199. The van der Waals surface area contributed by atoms with Crippen molar-refractivity contribution in [3.8, 4) is 11.5 Å². The summed E-state index contributed by atoms with van der Waals surface area (Å²) in [5.41, 5.74) is 1.63. The molecule has 10 atom stereocenters. The molecule has 4 aliphatic rings. The number of para-hydroxylation sites is 2. The maximum absolute atomic E-state index is 6.12. The largest absolute Gasteiger partial charge is 4.00 e. The molecule has 2 aromatic rings. The summed E-state index contributed by atoms with van der Waals surface area (Å²) in [6, 6.07) is 24.5. The van der Waals surface area contributed by atoms with Gasteiger partial charge in [-0.2, -0.15) is 0 Å². The number of hydrogen-bond donors (Lipinski definition) is 0. The minimum absolute atomic E-state index is 0. The van der Waals surface area contributed by atoms with E-state index in [4.69, 9.17) is 63.6 Å². The van der Waals surface area contributed by atoms with E-state index in [0.29, 0.717) is 12.1 Å². The Hall–Kier alpha value is 16.2. The molecule has 6 rings (SSSR count). The molecular formula is C70H131Cl2IN2O3S67Si2Zr2. The van der Waals surface area contributed by atoms with Crippen molar-refractivity contribution < 1.29 is 61.3 Å². The first-order valence-electron chi connectivity index (χ1n) is 43.0. The van der Waals surface area contributed by atoms with Crippen molar-refractivity contribution in [1.29, 1.82) is 0 Å². The molecule has 0 aliphatic heterocycles. The quantitative estimate of drug-likeness (QED) is 0.0644. The van der Waals surface area contributed by atoms with E-state index in [-0.39, 0.29) is 79.9 Å². The second kappa shape index (κ2) is 133. The second-order valence-corrected chi connectivity index (χ2v) is 157. The Morgan fingerprint density at radius 1 is 0.268 bits per heavy atom. The van der Waals surface area contributed by atoms with Crippen LogP contribution in [-0.4, -0.2) is 55.0 Å². The first-order chi connectivity index (χ1) is 70.1. The van der Waals surface area contributed by atoms with E-state index in [0.717, 1.165) is 109 Å². The molecule has 0 heterocycles. The molecule has 8 unspecified atom stereocenters. The Kier molecular flexibility index (Phi) is 155. The van der Waals surface area contributed by atoms with Gasteiger partial charge in [-0.05, 0) is 98.3 Å². The fraction of sp³-hybridized carbons (Fsp3) is 0.771. The van der Waals surface area contributed by atoms with Gasteiger partial charge in [0, 0.05) is 613 Å². The molecular weight excluding hydrogens is 3500 g/mol. The average molecular weight is 3630 g/mol. The third kappa shape index (κ3) is 104. The van der Waals surface area contributed by atoms with E-state index in [2.05, 4.69) is 129 Å². The molecule has 878 valence electrons. The van der Waals surface area contributed by atoms with Gasteiger partial charge in [-0.1, -0.05) is 286 Å². The Balaban J connectivity index is -0.000000707. The summed E-state index contributed by atoms with van der Waals surface area (Å²) < 4.78 is 17.1. The molecule has 0 N–H and O–H groups in total. The molecule has 79 heteroatoms. The van der Waals surface area contributed by atoms with Crippen molar-refractivity contribution in [3.05, 3.63) is 100 Å². The van der Waals surface area contributed by atoms with Crippen molar-refractivity contribution in [2.24, 2.45) is 47.3 Å². The van der Waals surface area contributed by atoms with Crippen molar-refractivity contribution >= 4 is 657 Å². The average Bonchev–Trinajstić information content (AvgIpc) is 1.62. The van der Waals surface area contributed by atoms with Crippen LogP contribution >= 0.6 is 41.0 Å². The van der Waals surface area contributed by atoms with Gasteiger partial charge in [-0.15, -0.1) is 36.1 Å². The van der Waals surface area contributed by atoms with E-state index >= 15 is 0 Å². The van der Waals surface area contributed by atoms with Gasteiger partial charge in [-0.25, -0.2) is 0 Å². The Labute approximate surface area is 1150 Å². The fourth-order valence-electron chi connectivity index (χ4n) is 15.6. The summed E-state index contributed by atoms with van der Waals surface area (Å²) in [6.45, 7) is 32.9. The van der Waals surface area contributed by atoms with Gasteiger partial charge in [0.15, 0.2) is 0 Å². The number of rotatable bonds is 18. The van der Waals surface area contributed by atoms with Gasteiger partial charge in [0.05, 0.1) is 13.2 Å². The van der Waals surface area contributed by atoms with Crippen molar-refractivity contribution in [3.63, 3.8) is 0 Å². The minimum Gasteiger partial charge on any atom is 4.00 e. The van der Waals surface area contributed by atoms with Gasteiger partial charge < -0.3 is 53.9 Å². The van der Waals surface area contributed by atoms with Crippen molar-refractivity contribution in [1.82, 2.24) is 0 Å². The van der Waals surface area contributed by atoms with Gasteiger partial charge in [0.25, 0.3) is 0 Å². The molecule has 0 spiro atoms. The van der Waals surface area contributed by atoms with Crippen LogP contribution in [0.25, 0.3) is 9.96 Å². The second-order valence-electron chi connectivity index (χ2n) is 29.5. The monoisotopic (exact) mass is 3620 g/mol. The molecule has 0 radical (unpaired) electrons. The summed E-state index contributed by atoms with van der Waals surface area (Å²) >= 11 is 8.82. The summed E-state index contributed by atoms with van der Waals surface area (Å²) in [6.07, 6.45) is 33.3. The third-order valence-electron chi connectivity index (χ3n) is 21.6.